The van der Waals surface area contributed by atoms with Gasteiger partial charge in [0.05, 0.1) is 23.8 Å². The lowest BCUT2D eigenvalue weighted by molar-refractivity contribution is -0.539. The number of aliphatic hydroxyl groups excluding tert-OH is 2. The van der Waals surface area contributed by atoms with E-state index in [1.165, 1.54) is 24.3 Å². The summed E-state index contributed by atoms with van der Waals surface area (Å²) in [4.78, 5) is 51.3. The Labute approximate surface area is 233 Å². The highest BCUT2D eigenvalue weighted by Crippen LogP contribution is 2.37. The van der Waals surface area contributed by atoms with Crippen LogP contribution in [0, 0.1) is 5.21 Å². The molecule has 15 heteroatoms. The summed E-state index contributed by atoms with van der Waals surface area (Å²) in [6, 6.07) is 5.70. The van der Waals surface area contributed by atoms with Crippen molar-refractivity contribution in [2.75, 3.05) is 6.61 Å². The predicted octanol–water partition coefficient (Wildman–Crippen LogP) is -0.873. The van der Waals surface area contributed by atoms with Gasteiger partial charge in [0, 0.05) is 29.5 Å². The number of carbonyl (C=O) groups excluding carboxylic acids is 2. The van der Waals surface area contributed by atoms with Crippen molar-refractivity contribution in [3.05, 3.63) is 79.3 Å². The Morgan fingerprint density at radius 1 is 1.20 bits per heavy atom. The van der Waals surface area contributed by atoms with Crippen molar-refractivity contribution < 1.29 is 34.5 Å². The van der Waals surface area contributed by atoms with Crippen molar-refractivity contribution in [2.45, 2.75) is 63.6 Å². The molecule has 2 aliphatic rings. The van der Waals surface area contributed by atoms with Gasteiger partial charge in [0.25, 0.3) is 17.4 Å². The van der Waals surface area contributed by atoms with Gasteiger partial charge >= 0.3 is 11.5 Å². The van der Waals surface area contributed by atoms with E-state index in [2.05, 4.69) is 15.8 Å². The number of hydrazine groups is 1. The molecule has 5 N–H and O–H groups in total. The van der Waals surface area contributed by atoms with Gasteiger partial charge in [-0.05, 0) is 58.0 Å². The van der Waals surface area contributed by atoms with Crippen LogP contribution in [0.2, 0.25) is 0 Å². The van der Waals surface area contributed by atoms with Crippen molar-refractivity contribution in [2.24, 2.45) is 0 Å². The van der Waals surface area contributed by atoms with E-state index in [0.717, 1.165) is 22.9 Å². The third kappa shape index (κ3) is 5.39. The molecule has 4 rings (SSSR count). The third-order valence-corrected chi connectivity index (χ3v) is 7.71. The van der Waals surface area contributed by atoms with Crippen LogP contribution in [0.15, 0.2) is 46.1 Å². The first-order chi connectivity index (χ1) is 19.2. The molecule has 41 heavy (non-hydrogen) atoms. The van der Waals surface area contributed by atoms with Gasteiger partial charge in [-0.25, -0.2) is 4.79 Å². The van der Waals surface area contributed by atoms with Gasteiger partial charge in [0.2, 0.25) is 0 Å². The van der Waals surface area contributed by atoms with E-state index in [1.54, 1.807) is 27.7 Å². The van der Waals surface area contributed by atoms with Gasteiger partial charge in [-0.1, -0.05) is 5.06 Å². The molecule has 0 unspecified atom stereocenters. The minimum absolute atomic E-state index is 0.00737. The molecule has 2 aromatic rings. The van der Waals surface area contributed by atoms with E-state index < -0.39 is 59.2 Å². The smallest absolute Gasteiger partial charge is 0.330 e. The lowest BCUT2D eigenvalue weighted by atomic mass is 9.84. The number of nitrogens with zero attached hydrogens (tertiary/aromatic N) is 3. The number of aromatic nitrogens is 2. The van der Waals surface area contributed by atoms with Crippen LogP contribution in [0.1, 0.15) is 61.8 Å². The van der Waals surface area contributed by atoms with Crippen LogP contribution >= 0.6 is 0 Å². The highest BCUT2D eigenvalue weighted by Gasteiger charge is 2.59. The highest BCUT2D eigenvalue weighted by atomic mass is 16.5. The molecular formula is C26H31N6O9. The maximum atomic E-state index is 12.8. The number of carbonyl (C=O) groups is 2. The summed E-state index contributed by atoms with van der Waals surface area (Å²) in [5, 5.41) is 45.5. The number of aliphatic hydroxyl groups is 2. The summed E-state index contributed by atoms with van der Waals surface area (Å²) in [6.07, 6.45) is 0.410. The molecule has 219 valence electrons. The van der Waals surface area contributed by atoms with Gasteiger partial charge < -0.3 is 20.2 Å². The number of rotatable bonds is 6. The zero-order valence-electron chi connectivity index (χ0n) is 22.8. The Hall–Kier alpha value is -4.31. The molecule has 0 spiro atoms. The molecule has 1 saturated heterocycles. The highest BCUT2D eigenvalue weighted by molar-refractivity contribution is 6.00. The van der Waals surface area contributed by atoms with Crippen LogP contribution in [-0.4, -0.2) is 77.1 Å². The summed E-state index contributed by atoms with van der Waals surface area (Å²) >= 11 is 0. The Morgan fingerprint density at radius 2 is 1.85 bits per heavy atom. The molecule has 15 nitrogen and oxygen atoms in total. The van der Waals surface area contributed by atoms with Crippen molar-refractivity contribution in [1.82, 2.24) is 25.5 Å². The molecule has 3 heterocycles. The van der Waals surface area contributed by atoms with Crippen LogP contribution in [0.3, 0.4) is 0 Å². The topological polar surface area (TPSA) is 212 Å². The SMILES string of the molecule is CC1(C)N([O])C(c2ccc(C(=O)NNC(=O)/C=C/c3cn([C@H]4C[C@H](O)[C@@H](CO)O4)c(=O)[nH]c3=O)cc2)=[N+]([O-])C1(C)C. The number of ether oxygens (including phenoxy) is 1. The number of hydrogen-bond acceptors (Lipinski definition) is 9. The molecule has 2 aliphatic heterocycles. The normalized spacial score (nSPS) is 23.3. The summed E-state index contributed by atoms with van der Waals surface area (Å²) < 4.78 is 7.13. The monoisotopic (exact) mass is 571 g/mol. The fraction of sp³-hybridized carbons (Fsp3) is 0.423. The number of amidine groups is 1. The molecule has 0 bridgehead atoms. The number of hydroxylamine groups is 3. The fourth-order valence-electron chi connectivity index (χ4n) is 4.40. The van der Waals surface area contributed by atoms with Gasteiger partial charge in [-0.2, -0.15) is 0 Å². The van der Waals surface area contributed by atoms with Crippen LogP contribution in [0.4, 0.5) is 0 Å². The number of amides is 2. The predicted molar refractivity (Wildman–Crippen MR) is 142 cm³/mol. The average Bonchev–Trinajstić information content (AvgIpc) is 3.35. The first kappa shape index (κ1) is 29.7. The molecule has 1 fully saturated rings. The molecule has 1 aromatic heterocycles. The molecule has 0 aliphatic carbocycles. The van der Waals surface area contributed by atoms with Crippen LogP contribution in [0.25, 0.3) is 6.08 Å². The van der Waals surface area contributed by atoms with Crippen LogP contribution in [-0.2, 0) is 14.7 Å². The molecule has 2 amide bonds. The lowest BCUT2D eigenvalue weighted by Crippen LogP contribution is -2.53. The third-order valence-electron chi connectivity index (χ3n) is 7.71. The van der Waals surface area contributed by atoms with E-state index in [1.807, 2.05) is 0 Å². The standard InChI is InChI=1S/C26H31N6O9/c1-25(2)26(3,4)32(40)23(31(25)39)15-7-5-14(6-8-15)22(37)29-28-19(35)10-9-16-12-30(24(38)27-21(16)36)20-11-17(34)18(13-33)41-20/h5-10,12,17-18,20,33-34H,11,13H2,1-4H3,(H,28,35)(H,29,37)(H,27,36,38)/b10-9+/t17-,18+,20+/m0/s1. The minimum atomic E-state index is -1.00. The maximum Gasteiger partial charge on any atom is 0.330 e. The van der Waals surface area contributed by atoms with Crippen molar-refractivity contribution in [3.8, 4) is 0 Å². The molecule has 1 aromatic carbocycles. The second-order valence-electron chi connectivity index (χ2n) is 10.8. The van der Waals surface area contributed by atoms with E-state index >= 15 is 0 Å². The maximum absolute atomic E-state index is 12.8. The Bertz CT molecular complexity index is 1520. The first-order valence-electron chi connectivity index (χ1n) is 12.7. The summed E-state index contributed by atoms with van der Waals surface area (Å²) in [5.41, 5.74) is 1.20. The van der Waals surface area contributed by atoms with E-state index in [0.29, 0.717) is 15.4 Å². The Kier molecular flexibility index (Phi) is 7.91. The van der Waals surface area contributed by atoms with Crippen LogP contribution in [0.5, 0.6) is 0 Å². The average molecular weight is 572 g/mol. The largest absolute Gasteiger partial charge is 0.714 e. The second-order valence-corrected chi connectivity index (χ2v) is 10.8. The lowest BCUT2D eigenvalue weighted by Gasteiger charge is -2.32. The Balaban J connectivity index is 1.39. The summed E-state index contributed by atoms with van der Waals surface area (Å²) in [6.45, 7) is 6.24. The zero-order chi connectivity index (χ0) is 30.3. The van der Waals surface area contributed by atoms with Gasteiger partial charge in [-0.15, -0.1) is 0 Å². The van der Waals surface area contributed by atoms with E-state index in [4.69, 9.17) is 4.74 Å². The second kappa shape index (κ2) is 10.9. The van der Waals surface area contributed by atoms with Crippen molar-refractivity contribution >= 4 is 23.7 Å². The molecule has 3 atom stereocenters. The van der Waals surface area contributed by atoms with Gasteiger partial charge in [-0.3, -0.25) is 39.5 Å². The van der Waals surface area contributed by atoms with Crippen LogP contribution < -0.4 is 22.1 Å². The number of hydrogen-bond donors (Lipinski definition) is 5. The number of aromatic amines is 1. The number of H-pyrrole nitrogens is 1. The molecule has 1 radical (unpaired) electrons. The van der Waals surface area contributed by atoms with Crippen molar-refractivity contribution in [3.63, 3.8) is 0 Å². The number of nitrogens with one attached hydrogen (secondary N) is 3. The van der Waals surface area contributed by atoms with E-state index in [-0.39, 0.29) is 23.4 Å². The first-order valence-corrected chi connectivity index (χ1v) is 12.7. The minimum Gasteiger partial charge on any atom is -0.714 e. The van der Waals surface area contributed by atoms with Crippen molar-refractivity contribution in [1.29, 1.82) is 0 Å². The summed E-state index contributed by atoms with van der Waals surface area (Å²) in [5.74, 6) is -1.55. The molecular weight excluding hydrogens is 540 g/mol. The zero-order valence-corrected chi connectivity index (χ0v) is 22.8. The summed E-state index contributed by atoms with van der Waals surface area (Å²) in [7, 11) is 0. The van der Waals surface area contributed by atoms with Gasteiger partial charge in [0.15, 0.2) is 5.54 Å². The van der Waals surface area contributed by atoms with Gasteiger partial charge in [0.1, 0.15) is 17.9 Å². The quantitative estimate of drug-likeness (QED) is 0.126. The number of benzene rings is 1. The fourth-order valence-corrected chi connectivity index (χ4v) is 4.40. The Morgan fingerprint density at radius 3 is 2.41 bits per heavy atom. The van der Waals surface area contributed by atoms with E-state index in [9.17, 15) is 39.8 Å². The molecule has 0 saturated carbocycles.